The second-order valence-corrected chi connectivity index (χ2v) is 6.80. The van der Waals surface area contributed by atoms with Crippen LogP contribution in [0.1, 0.15) is 28.8 Å². The van der Waals surface area contributed by atoms with Gasteiger partial charge in [-0.1, -0.05) is 36.1 Å². The first-order valence-electron chi connectivity index (χ1n) is 7.47. The van der Waals surface area contributed by atoms with Gasteiger partial charge in [-0.3, -0.25) is 14.5 Å². The molecule has 0 unspecified atom stereocenters. The molecular weight excluding hydrogens is 362 g/mol. The Bertz CT molecular complexity index is 727. The second kappa shape index (κ2) is 8.77. The summed E-state index contributed by atoms with van der Waals surface area (Å²) in [5.74, 6) is -0.910. The molecule has 1 saturated heterocycles. The van der Waals surface area contributed by atoms with Crippen molar-refractivity contribution in [1.82, 2.24) is 4.90 Å². The lowest BCUT2D eigenvalue weighted by atomic mass is 10.1. The van der Waals surface area contributed by atoms with E-state index in [4.69, 9.17) is 12.2 Å². The lowest BCUT2D eigenvalue weighted by molar-refractivity contribution is -0.141. The van der Waals surface area contributed by atoms with E-state index in [1.807, 2.05) is 0 Å². The van der Waals surface area contributed by atoms with Gasteiger partial charge in [0.2, 0.25) is 0 Å². The predicted molar refractivity (Wildman–Crippen MR) is 98.9 cm³/mol. The van der Waals surface area contributed by atoms with E-state index in [1.54, 1.807) is 30.3 Å². The third-order valence-corrected chi connectivity index (χ3v) is 4.87. The zero-order chi connectivity index (χ0) is 18.4. The Hall–Kier alpha value is -2.19. The van der Waals surface area contributed by atoms with Crippen LogP contribution >= 0.6 is 24.0 Å². The summed E-state index contributed by atoms with van der Waals surface area (Å²) < 4.78 is 9.69. The van der Waals surface area contributed by atoms with Crippen molar-refractivity contribution in [1.29, 1.82) is 0 Å². The van der Waals surface area contributed by atoms with Gasteiger partial charge in [0.1, 0.15) is 4.32 Å². The van der Waals surface area contributed by atoms with Crippen molar-refractivity contribution in [3.05, 3.63) is 40.3 Å². The molecule has 1 heterocycles. The third kappa shape index (κ3) is 4.90. The van der Waals surface area contributed by atoms with E-state index in [2.05, 4.69) is 9.47 Å². The first kappa shape index (κ1) is 19.1. The minimum absolute atomic E-state index is 0.183. The number of ether oxygens (including phenoxy) is 2. The average molecular weight is 379 g/mol. The van der Waals surface area contributed by atoms with E-state index in [9.17, 15) is 14.4 Å². The summed E-state index contributed by atoms with van der Waals surface area (Å²) >= 11 is 6.46. The first-order valence-corrected chi connectivity index (χ1v) is 8.69. The maximum absolute atomic E-state index is 12.4. The summed E-state index contributed by atoms with van der Waals surface area (Å²) in [4.78, 5) is 37.0. The van der Waals surface area contributed by atoms with Crippen LogP contribution in [-0.2, 0) is 19.1 Å². The number of thioether (sulfide) groups is 1. The maximum Gasteiger partial charge on any atom is 0.337 e. The highest BCUT2D eigenvalue weighted by atomic mass is 32.2. The van der Waals surface area contributed by atoms with Crippen LogP contribution in [0.2, 0.25) is 0 Å². The Morgan fingerprint density at radius 1 is 1.20 bits per heavy atom. The van der Waals surface area contributed by atoms with E-state index in [0.29, 0.717) is 27.8 Å². The Labute approximate surface area is 155 Å². The first-order chi connectivity index (χ1) is 12.0. The molecule has 1 aliphatic rings. The zero-order valence-electron chi connectivity index (χ0n) is 13.8. The van der Waals surface area contributed by atoms with Crippen molar-refractivity contribution in [2.45, 2.75) is 12.8 Å². The quantitative estimate of drug-likeness (QED) is 0.427. The fraction of sp³-hybridized carbons (Fsp3) is 0.294. The molecule has 0 aromatic heterocycles. The number of benzene rings is 1. The van der Waals surface area contributed by atoms with Gasteiger partial charge in [0, 0.05) is 13.0 Å². The number of methoxy groups -OCH3 is 2. The molecular formula is C17H17NO5S2. The summed E-state index contributed by atoms with van der Waals surface area (Å²) in [7, 11) is 2.65. The highest BCUT2D eigenvalue weighted by Crippen LogP contribution is 2.32. The van der Waals surface area contributed by atoms with Crippen LogP contribution < -0.4 is 0 Å². The number of esters is 2. The topological polar surface area (TPSA) is 72.9 Å². The Morgan fingerprint density at radius 3 is 2.48 bits per heavy atom. The average Bonchev–Trinajstić information content (AvgIpc) is 2.88. The normalized spacial score (nSPS) is 15.6. The zero-order valence-corrected chi connectivity index (χ0v) is 15.4. The summed E-state index contributed by atoms with van der Waals surface area (Å²) in [5, 5.41) is 0. The summed E-state index contributed by atoms with van der Waals surface area (Å²) in [6, 6.07) is 6.73. The summed E-state index contributed by atoms with van der Waals surface area (Å²) in [6.07, 6.45) is 2.45. The van der Waals surface area contributed by atoms with Crippen LogP contribution in [0.15, 0.2) is 29.2 Å². The van der Waals surface area contributed by atoms with E-state index >= 15 is 0 Å². The maximum atomic E-state index is 12.4. The number of hydrogen-bond donors (Lipinski definition) is 0. The number of amides is 1. The van der Waals surface area contributed by atoms with Gasteiger partial charge in [-0.25, -0.2) is 4.79 Å². The number of carbonyl (C=O) groups is 3. The number of carbonyl (C=O) groups excluding carboxylic acids is 3. The Kier molecular flexibility index (Phi) is 6.72. The monoisotopic (exact) mass is 379 g/mol. The van der Waals surface area contributed by atoms with Crippen LogP contribution in [0, 0.1) is 0 Å². The minimum Gasteiger partial charge on any atom is -0.469 e. The fourth-order valence-corrected chi connectivity index (χ4v) is 3.47. The largest absolute Gasteiger partial charge is 0.469 e. The van der Waals surface area contributed by atoms with Crippen molar-refractivity contribution < 1.29 is 23.9 Å². The van der Waals surface area contributed by atoms with Crippen molar-refractivity contribution in [2.75, 3.05) is 20.8 Å². The molecule has 1 aliphatic heterocycles. The molecule has 25 heavy (non-hydrogen) atoms. The van der Waals surface area contributed by atoms with Gasteiger partial charge in [0.15, 0.2) is 0 Å². The SMILES string of the molecule is COC(=O)CCCN1C(=O)/C(=C/c2ccc(C(=O)OC)cc2)SC1=S. The lowest BCUT2D eigenvalue weighted by Crippen LogP contribution is -2.29. The predicted octanol–water partition coefficient (Wildman–Crippen LogP) is 2.63. The van der Waals surface area contributed by atoms with Crippen LogP contribution in [0.4, 0.5) is 0 Å². The fourth-order valence-electron chi connectivity index (χ4n) is 2.16. The van der Waals surface area contributed by atoms with Gasteiger partial charge >= 0.3 is 11.9 Å². The molecule has 6 nitrogen and oxygen atoms in total. The molecule has 1 amide bonds. The van der Waals surface area contributed by atoms with Crippen molar-refractivity contribution >= 4 is 52.2 Å². The lowest BCUT2D eigenvalue weighted by Gasteiger charge is -2.13. The molecule has 1 aromatic rings. The number of thiocarbonyl (C=S) groups is 1. The Balaban J connectivity index is 2.04. The van der Waals surface area contributed by atoms with Gasteiger partial charge in [-0.05, 0) is 30.2 Å². The van der Waals surface area contributed by atoms with Gasteiger partial charge < -0.3 is 9.47 Å². The van der Waals surface area contributed by atoms with E-state index in [0.717, 1.165) is 5.56 Å². The molecule has 2 rings (SSSR count). The molecule has 1 aromatic carbocycles. The minimum atomic E-state index is -0.413. The van der Waals surface area contributed by atoms with Gasteiger partial charge in [0.25, 0.3) is 5.91 Å². The Morgan fingerprint density at radius 2 is 1.88 bits per heavy atom. The highest BCUT2D eigenvalue weighted by molar-refractivity contribution is 8.26. The van der Waals surface area contributed by atoms with E-state index in [1.165, 1.54) is 30.9 Å². The molecule has 0 atom stereocenters. The summed E-state index contributed by atoms with van der Waals surface area (Å²) in [6.45, 7) is 0.373. The molecule has 0 aliphatic carbocycles. The van der Waals surface area contributed by atoms with Crippen LogP contribution in [0.5, 0.6) is 0 Å². The van der Waals surface area contributed by atoms with E-state index in [-0.39, 0.29) is 18.3 Å². The molecule has 1 fully saturated rings. The van der Waals surface area contributed by atoms with Gasteiger partial charge in [-0.2, -0.15) is 0 Å². The molecule has 0 spiro atoms. The molecule has 0 saturated carbocycles. The highest BCUT2D eigenvalue weighted by Gasteiger charge is 2.31. The molecule has 132 valence electrons. The number of rotatable bonds is 6. The summed E-state index contributed by atoms with van der Waals surface area (Å²) in [5.41, 5.74) is 1.22. The van der Waals surface area contributed by atoms with Crippen molar-refractivity contribution in [2.24, 2.45) is 0 Å². The number of hydrogen-bond acceptors (Lipinski definition) is 7. The standard InChI is InChI=1S/C17H17NO5S2/c1-22-14(19)4-3-9-18-15(20)13(25-17(18)24)10-11-5-7-12(8-6-11)16(21)23-2/h5-8,10H,3-4,9H2,1-2H3/b13-10-. The number of nitrogens with zero attached hydrogens (tertiary/aromatic N) is 1. The van der Waals surface area contributed by atoms with Crippen LogP contribution in [0.3, 0.4) is 0 Å². The van der Waals surface area contributed by atoms with E-state index < -0.39 is 5.97 Å². The van der Waals surface area contributed by atoms with Crippen molar-refractivity contribution in [3.63, 3.8) is 0 Å². The molecule has 0 radical (unpaired) electrons. The van der Waals surface area contributed by atoms with Crippen LogP contribution in [0.25, 0.3) is 6.08 Å². The molecule has 0 bridgehead atoms. The van der Waals surface area contributed by atoms with Crippen LogP contribution in [-0.4, -0.2) is 47.8 Å². The van der Waals surface area contributed by atoms with Gasteiger partial charge in [-0.15, -0.1) is 0 Å². The second-order valence-electron chi connectivity index (χ2n) is 5.13. The van der Waals surface area contributed by atoms with Gasteiger partial charge in [0.05, 0.1) is 24.7 Å². The third-order valence-electron chi connectivity index (χ3n) is 3.49. The molecule has 0 N–H and O–H groups in total. The van der Waals surface area contributed by atoms with Crippen molar-refractivity contribution in [3.8, 4) is 0 Å². The molecule has 8 heteroatoms. The smallest absolute Gasteiger partial charge is 0.337 e.